The van der Waals surface area contributed by atoms with Gasteiger partial charge in [-0.05, 0) is 19.8 Å². The van der Waals surface area contributed by atoms with E-state index in [0.29, 0.717) is 13.0 Å². The number of carbonyl (C=O) groups excluding carboxylic acids is 3. The lowest BCUT2D eigenvalue weighted by Crippen LogP contribution is -2.30. The maximum atomic E-state index is 11.5. The molecular weight excluding hydrogens is 232 g/mol. The highest BCUT2D eigenvalue weighted by atomic mass is 16.2. The normalized spacial score (nSPS) is 14.4. The van der Waals surface area contributed by atoms with E-state index in [1.54, 1.807) is 11.9 Å². The fraction of sp³-hybridized carbons (Fsp3) is 0.615. The van der Waals surface area contributed by atoms with Crippen molar-refractivity contribution < 1.29 is 14.4 Å². The summed E-state index contributed by atoms with van der Waals surface area (Å²) < 4.78 is 0. The van der Waals surface area contributed by atoms with Crippen LogP contribution in [0.3, 0.4) is 0 Å². The van der Waals surface area contributed by atoms with Crippen LogP contribution in [0.4, 0.5) is 0 Å². The molecule has 18 heavy (non-hydrogen) atoms. The number of hydrogen-bond acceptors (Lipinski definition) is 3. The van der Waals surface area contributed by atoms with E-state index in [1.807, 2.05) is 6.92 Å². The fourth-order valence-electron chi connectivity index (χ4n) is 1.74. The van der Waals surface area contributed by atoms with Gasteiger partial charge in [0.05, 0.1) is 0 Å². The Labute approximate surface area is 107 Å². The van der Waals surface area contributed by atoms with E-state index >= 15 is 0 Å². The Kier molecular flexibility index (Phi) is 5.55. The van der Waals surface area contributed by atoms with E-state index in [4.69, 9.17) is 0 Å². The second-order valence-electron chi connectivity index (χ2n) is 4.38. The number of unbranched alkanes of at least 4 members (excludes halogenated alkanes) is 2. The molecule has 0 saturated carbocycles. The maximum absolute atomic E-state index is 11.5. The molecular formula is C13H20N2O3. The monoisotopic (exact) mass is 252 g/mol. The van der Waals surface area contributed by atoms with Gasteiger partial charge < -0.3 is 4.90 Å². The van der Waals surface area contributed by atoms with Gasteiger partial charge in [0.25, 0.3) is 11.8 Å². The van der Waals surface area contributed by atoms with Crippen molar-refractivity contribution in [3.63, 3.8) is 0 Å². The molecule has 5 nitrogen and oxygen atoms in total. The van der Waals surface area contributed by atoms with Crippen LogP contribution in [0.15, 0.2) is 12.2 Å². The summed E-state index contributed by atoms with van der Waals surface area (Å²) in [6.45, 7) is 3.11. The summed E-state index contributed by atoms with van der Waals surface area (Å²) in [6, 6.07) is 0. The van der Waals surface area contributed by atoms with Gasteiger partial charge in [0.1, 0.15) is 0 Å². The molecule has 0 spiro atoms. The first-order valence-corrected chi connectivity index (χ1v) is 6.33. The molecule has 3 amide bonds. The summed E-state index contributed by atoms with van der Waals surface area (Å²) >= 11 is 0. The van der Waals surface area contributed by atoms with Gasteiger partial charge in [-0.3, -0.25) is 19.3 Å². The molecule has 5 heteroatoms. The first-order chi connectivity index (χ1) is 8.56. The average Bonchev–Trinajstić information content (AvgIpc) is 2.68. The molecule has 0 N–H and O–H groups in total. The molecule has 0 aliphatic carbocycles. The Morgan fingerprint density at radius 2 is 1.78 bits per heavy atom. The first kappa shape index (κ1) is 14.4. The third-order valence-corrected chi connectivity index (χ3v) is 3.07. The minimum atomic E-state index is -0.234. The number of rotatable bonds is 7. The molecule has 0 unspecified atom stereocenters. The Bertz CT molecular complexity index is 345. The SMILES string of the molecule is CCN(C)C(=O)CCCCCN1C(=O)C=CC1=O. The molecule has 1 rings (SSSR count). The third kappa shape index (κ3) is 3.98. The molecule has 100 valence electrons. The fourth-order valence-corrected chi connectivity index (χ4v) is 1.74. The van der Waals surface area contributed by atoms with Gasteiger partial charge in [-0.15, -0.1) is 0 Å². The Morgan fingerprint density at radius 1 is 1.17 bits per heavy atom. The summed E-state index contributed by atoms with van der Waals surface area (Å²) in [4.78, 5) is 36.9. The van der Waals surface area contributed by atoms with E-state index in [0.717, 1.165) is 25.8 Å². The van der Waals surface area contributed by atoms with Crippen LogP contribution < -0.4 is 0 Å². The van der Waals surface area contributed by atoms with Gasteiger partial charge in [-0.25, -0.2) is 0 Å². The average molecular weight is 252 g/mol. The van der Waals surface area contributed by atoms with Crippen LogP contribution in [0.2, 0.25) is 0 Å². The molecule has 0 aromatic rings. The Morgan fingerprint density at radius 3 is 2.33 bits per heavy atom. The lowest BCUT2D eigenvalue weighted by molar-refractivity contribution is -0.137. The van der Waals surface area contributed by atoms with Gasteiger partial charge >= 0.3 is 0 Å². The smallest absolute Gasteiger partial charge is 0.253 e. The van der Waals surface area contributed by atoms with Gasteiger partial charge in [-0.2, -0.15) is 0 Å². The number of hydrogen-bond donors (Lipinski definition) is 0. The zero-order valence-corrected chi connectivity index (χ0v) is 11.0. The molecule has 0 saturated heterocycles. The van der Waals surface area contributed by atoms with Crippen LogP contribution in [0.1, 0.15) is 32.6 Å². The topological polar surface area (TPSA) is 57.7 Å². The van der Waals surface area contributed by atoms with Crippen molar-refractivity contribution in [1.29, 1.82) is 0 Å². The molecule has 0 aromatic heterocycles. The van der Waals surface area contributed by atoms with E-state index in [1.165, 1.54) is 17.1 Å². The largest absolute Gasteiger partial charge is 0.346 e. The van der Waals surface area contributed by atoms with Crippen molar-refractivity contribution in [1.82, 2.24) is 9.80 Å². The summed E-state index contributed by atoms with van der Waals surface area (Å²) in [6.07, 6.45) is 5.52. The minimum absolute atomic E-state index is 0.146. The quantitative estimate of drug-likeness (QED) is 0.500. The number of carbonyl (C=O) groups is 3. The van der Waals surface area contributed by atoms with Crippen LogP contribution >= 0.6 is 0 Å². The van der Waals surface area contributed by atoms with Crippen LogP contribution in [0, 0.1) is 0 Å². The van der Waals surface area contributed by atoms with E-state index in [9.17, 15) is 14.4 Å². The van der Waals surface area contributed by atoms with Crippen LogP contribution in [0.25, 0.3) is 0 Å². The van der Waals surface area contributed by atoms with Crippen LogP contribution in [-0.2, 0) is 14.4 Å². The lowest BCUT2D eigenvalue weighted by atomic mass is 10.1. The molecule has 0 fully saturated rings. The summed E-state index contributed by atoms with van der Waals surface area (Å²) in [5.41, 5.74) is 0. The second-order valence-corrected chi connectivity index (χ2v) is 4.38. The highest BCUT2D eigenvalue weighted by molar-refractivity contribution is 6.12. The lowest BCUT2D eigenvalue weighted by Gasteiger charge is -2.15. The maximum Gasteiger partial charge on any atom is 0.253 e. The van der Waals surface area contributed by atoms with Crippen LogP contribution in [0.5, 0.6) is 0 Å². The highest BCUT2D eigenvalue weighted by Gasteiger charge is 2.22. The Balaban J connectivity index is 2.11. The molecule has 0 radical (unpaired) electrons. The van der Waals surface area contributed by atoms with Gasteiger partial charge in [0.2, 0.25) is 5.91 Å². The zero-order valence-electron chi connectivity index (χ0n) is 11.0. The van der Waals surface area contributed by atoms with Crippen molar-refractivity contribution in [2.75, 3.05) is 20.1 Å². The number of amides is 3. The van der Waals surface area contributed by atoms with Gasteiger partial charge in [-0.1, -0.05) is 6.42 Å². The predicted octanol–water partition coefficient (Wildman–Crippen LogP) is 0.950. The standard InChI is InChI=1S/C13H20N2O3/c1-3-14(2)11(16)7-5-4-6-10-15-12(17)8-9-13(15)18/h8-9H,3-7,10H2,1-2H3. The van der Waals surface area contributed by atoms with Gasteiger partial charge in [0.15, 0.2) is 0 Å². The van der Waals surface area contributed by atoms with E-state index in [2.05, 4.69) is 0 Å². The van der Waals surface area contributed by atoms with Crippen molar-refractivity contribution in [3.05, 3.63) is 12.2 Å². The molecule has 1 heterocycles. The predicted molar refractivity (Wildman–Crippen MR) is 67.6 cm³/mol. The summed E-state index contributed by atoms with van der Waals surface area (Å²) in [5, 5.41) is 0. The molecule has 0 atom stereocenters. The van der Waals surface area contributed by atoms with E-state index < -0.39 is 0 Å². The third-order valence-electron chi connectivity index (χ3n) is 3.07. The summed E-state index contributed by atoms with van der Waals surface area (Å²) in [7, 11) is 1.79. The Hall–Kier alpha value is -1.65. The van der Waals surface area contributed by atoms with Crippen molar-refractivity contribution in [3.8, 4) is 0 Å². The molecule has 1 aliphatic heterocycles. The first-order valence-electron chi connectivity index (χ1n) is 6.33. The van der Waals surface area contributed by atoms with Crippen LogP contribution in [-0.4, -0.2) is 47.7 Å². The van der Waals surface area contributed by atoms with Crippen molar-refractivity contribution >= 4 is 17.7 Å². The second kappa shape index (κ2) is 6.93. The molecule has 0 aromatic carbocycles. The minimum Gasteiger partial charge on any atom is -0.346 e. The van der Waals surface area contributed by atoms with E-state index in [-0.39, 0.29) is 17.7 Å². The number of imide groups is 1. The summed E-state index contributed by atoms with van der Waals surface area (Å²) in [5.74, 6) is -0.323. The number of nitrogens with zero attached hydrogens (tertiary/aromatic N) is 2. The molecule has 0 bridgehead atoms. The zero-order chi connectivity index (χ0) is 13.5. The van der Waals surface area contributed by atoms with Crippen molar-refractivity contribution in [2.45, 2.75) is 32.6 Å². The van der Waals surface area contributed by atoms with Gasteiger partial charge in [0, 0.05) is 38.7 Å². The van der Waals surface area contributed by atoms with Crippen molar-refractivity contribution in [2.24, 2.45) is 0 Å². The highest BCUT2D eigenvalue weighted by Crippen LogP contribution is 2.08. The molecule has 1 aliphatic rings.